The summed E-state index contributed by atoms with van der Waals surface area (Å²) in [6, 6.07) is 0. The third kappa shape index (κ3) is 2.26. The number of Topliss-reactive ketones (excluding diaryl/α,β-unsaturated/α-hetero) is 1. The van der Waals surface area contributed by atoms with E-state index in [0.29, 0.717) is 12.3 Å². The monoisotopic (exact) mass is 252 g/mol. The van der Waals surface area contributed by atoms with Gasteiger partial charge in [-0.3, -0.25) is 4.79 Å². The van der Waals surface area contributed by atoms with Crippen LogP contribution in [0.1, 0.15) is 39.0 Å². The van der Waals surface area contributed by atoms with Gasteiger partial charge in [0.1, 0.15) is 5.78 Å². The van der Waals surface area contributed by atoms with Gasteiger partial charge in [0.15, 0.2) is 0 Å². The van der Waals surface area contributed by atoms with E-state index in [0.717, 1.165) is 25.7 Å². The average Bonchev–Trinajstić information content (AvgIpc) is 2.40. The Morgan fingerprint density at radius 1 is 1.44 bits per heavy atom. The Hall–Kier alpha value is -0.670. The molecule has 0 unspecified atom stereocenters. The van der Waals surface area contributed by atoms with Crippen molar-refractivity contribution >= 4 is 5.78 Å². The van der Waals surface area contributed by atoms with Crippen molar-refractivity contribution in [2.24, 2.45) is 23.2 Å². The molecule has 2 aliphatic rings. The van der Waals surface area contributed by atoms with Crippen LogP contribution in [-0.4, -0.2) is 29.2 Å². The molecule has 0 amide bonds. The molecule has 2 aliphatic carbocycles. The number of fused-ring (bicyclic) bond motifs is 1. The molecular formula is C15H24O3. The van der Waals surface area contributed by atoms with Gasteiger partial charge in [0.05, 0.1) is 6.61 Å². The minimum Gasteiger partial charge on any atom is -0.396 e. The van der Waals surface area contributed by atoms with Gasteiger partial charge < -0.3 is 10.2 Å². The lowest BCUT2D eigenvalue weighted by atomic mass is 9.51. The Bertz CT molecular complexity index is 350. The summed E-state index contributed by atoms with van der Waals surface area (Å²) >= 11 is 0. The second-order valence-corrected chi connectivity index (χ2v) is 6.33. The van der Waals surface area contributed by atoms with Crippen molar-refractivity contribution in [1.29, 1.82) is 0 Å². The zero-order valence-electron chi connectivity index (χ0n) is 11.2. The van der Waals surface area contributed by atoms with Crippen LogP contribution in [0.2, 0.25) is 0 Å². The Kier molecular flexibility index (Phi) is 3.93. The van der Waals surface area contributed by atoms with Crippen molar-refractivity contribution in [1.82, 2.24) is 0 Å². The molecule has 18 heavy (non-hydrogen) atoms. The summed E-state index contributed by atoms with van der Waals surface area (Å²) in [5, 5.41) is 18.8. The molecule has 0 radical (unpaired) electrons. The number of carbonyl (C=O) groups excluding carboxylic acids is 1. The zero-order valence-corrected chi connectivity index (χ0v) is 11.2. The highest BCUT2D eigenvalue weighted by Gasteiger charge is 2.51. The predicted molar refractivity (Wildman–Crippen MR) is 70.0 cm³/mol. The molecule has 2 rings (SSSR count). The van der Waals surface area contributed by atoms with E-state index in [-0.39, 0.29) is 36.2 Å². The van der Waals surface area contributed by atoms with Crippen LogP contribution in [-0.2, 0) is 4.79 Å². The average molecular weight is 252 g/mol. The van der Waals surface area contributed by atoms with Gasteiger partial charge in [-0.25, -0.2) is 0 Å². The van der Waals surface area contributed by atoms with Gasteiger partial charge in [-0.2, -0.15) is 0 Å². The molecule has 0 heterocycles. The van der Waals surface area contributed by atoms with Gasteiger partial charge in [0.2, 0.25) is 0 Å². The summed E-state index contributed by atoms with van der Waals surface area (Å²) in [5.74, 6) is 0.569. The molecule has 0 aromatic carbocycles. The van der Waals surface area contributed by atoms with Crippen LogP contribution in [0.4, 0.5) is 0 Å². The molecular weight excluding hydrogens is 228 g/mol. The topological polar surface area (TPSA) is 57.5 Å². The van der Waals surface area contributed by atoms with Crippen LogP contribution in [0, 0.1) is 23.2 Å². The van der Waals surface area contributed by atoms with Crippen molar-refractivity contribution in [3.8, 4) is 0 Å². The Morgan fingerprint density at radius 3 is 2.78 bits per heavy atom. The largest absolute Gasteiger partial charge is 0.396 e. The number of rotatable bonds is 2. The first-order valence-electron chi connectivity index (χ1n) is 6.94. The number of aliphatic hydroxyl groups excluding tert-OH is 2. The highest BCUT2D eigenvalue weighted by Crippen LogP contribution is 2.56. The van der Waals surface area contributed by atoms with E-state index < -0.39 is 0 Å². The molecule has 2 fully saturated rings. The Balaban J connectivity index is 2.17. The van der Waals surface area contributed by atoms with Gasteiger partial charge in [-0.05, 0) is 42.9 Å². The number of carbonyl (C=O) groups is 1. The van der Waals surface area contributed by atoms with E-state index in [2.05, 4.69) is 13.5 Å². The first-order valence-corrected chi connectivity index (χ1v) is 6.94. The van der Waals surface area contributed by atoms with E-state index in [1.807, 2.05) is 0 Å². The molecule has 0 aliphatic heterocycles. The van der Waals surface area contributed by atoms with E-state index in [4.69, 9.17) is 0 Å². The molecule has 0 saturated heterocycles. The minimum atomic E-state index is -0.208. The van der Waals surface area contributed by atoms with Gasteiger partial charge in [-0.15, -0.1) is 0 Å². The van der Waals surface area contributed by atoms with Crippen molar-refractivity contribution in [2.75, 3.05) is 13.2 Å². The SMILES string of the molecule is C=C1CCC[C@H](CO)C(=O)C[C@@H]2[C@H]1C[C@@]2(C)CO. The van der Waals surface area contributed by atoms with Crippen LogP contribution in [0.25, 0.3) is 0 Å². The second-order valence-electron chi connectivity index (χ2n) is 6.33. The Morgan fingerprint density at radius 2 is 2.17 bits per heavy atom. The molecule has 0 spiro atoms. The maximum absolute atomic E-state index is 12.2. The molecule has 3 nitrogen and oxygen atoms in total. The number of allylic oxidation sites excluding steroid dienone is 1. The number of ketones is 1. The summed E-state index contributed by atoms with van der Waals surface area (Å²) < 4.78 is 0. The zero-order chi connectivity index (χ0) is 13.3. The third-order valence-electron chi connectivity index (χ3n) is 5.10. The normalized spacial score (nSPS) is 41.4. The van der Waals surface area contributed by atoms with Gasteiger partial charge in [0.25, 0.3) is 0 Å². The molecule has 3 heteroatoms. The summed E-state index contributed by atoms with van der Waals surface area (Å²) in [5.41, 5.74) is 1.10. The van der Waals surface area contributed by atoms with E-state index in [1.165, 1.54) is 5.57 Å². The molecule has 4 atom stereocenters. The summed E-state index contributed by atoms with van der Waals surface area (Å²) in [6.07, 6.45) is 4.10. The first-order chi connectivity index (χ1) is 8.51. The molecule has 0 aromatic heterocycles. The number of hydrogen-bond acceptors (Lipinski definition) is 3. The number of hydrogen-bond donors (Lipinski definition) is 2. The van der Waals surface area contributed by atoms with E-state index >= 15 is 0 Å². The molecule has 2 N–H and O–H groups in total. The first kappa shape index (κ1) is 13.8. The fourth-order valence-corrected chi connectivity index (χ4v) is 3.62. The predicted octanol–water partition coefficient (Wildman–Crippen LogP) is 1.93. The quantitative estimate of drug-likeness (QED) is 0.738. The van der Waals surface area contributed by atoms with Crippen molar-refractivity contribution in [2.45, 2.75) is 39.0 Å². The van der Waals surface area contributed by atoms with Crippen molar-refractivity contribution in [3.05, 3.63) is 12.2 Å². The van der Waals surface area contributed by atoms with Crippen LogP contribution in [0.3, 0.4) is 0 Å². The van der Waals surface area contributed by atoms with Crippen LogP contribution < -0.4 is 0 Å². The highest BCUT2D eigenvalue weighted by atomic mass is 16.3. The molecule has 0 aromatic rings. The summed E-state index contributed by atoms with van der Waals surface area (Å²) in [6.45, 7) is 6.31. The van der Waals surface area contributed by atoms with E-state index in [1.54, 1.807) is 0 Å². The standard InChI is InChI=1S/C15H24O3/c1-10-4-3-5-11(8-16)14(18)6-13-12(10)7-15(13,2)9-17/h11-13,16-17H,1,3-9H2,2H3/t11-,12+,13-,15+/m1/s1. The summed E-state index contributed by atoms with van der Waals surface area (Å²) in [7, 11) is 0. The Labute approximate surface area is 109 Å². The highest BCUT2D eigenvalue weighted by molar-refractivity contribution is 5.81. The lowest BCUT2D eigenvalue weighted by Crippen LogP contribution is -2.50. The van der Waals surface area contributed by atoms with Gasteiger partial charge in [-0.1, -0.05) is 19.1 Å². The summed E-state index contributed by atoms with van der Waals surface area (Å²) in [4.78, 5) is 12.2. The number of aliphatic hydroxyl groups is 2. The maximum Gasteiger partial charge on any atom is 0.138 e. The molecule has 2 saturated carbocycles. The maximum atomic E-state index is 12.2. The van der Waals surface area contributed by atoms with E-state index in [9.17, 15) is 15.0 Å². The van der Waals surface area contributed by atoms with Gasteiger partial charge >= 0.3 is 0 Å². The molecule has 102 valence electrons. The lowest BCUT2D eigenvalue weighted by molar-refractivity contribution is -0.131. The van der Waals surface area contributed by atoms with Crippen LogP contribution >= 0.6 is 0 Å². The second kappa shape index (κ2) is 5.14. The molecule has 0 bridgehead atoms. The van der Waals surface area contributed by atoms with Crippen LogP contribution in [0.5, 0.6) is 0 Å². The lowest BCUT2D eigenvalue weighted by Gasteiger charge is -2.53. The third-order valence-corrected chi connectivity index (χ3v) is 5.10. The smallest absolute Gasteiger partial charge is 0.138 e. The van der Waals surface area contributed by atoms with Crippen molar-refractivity contribution in [3.63, 3.8) is 0 Å². The fourth-order valence-electron chi connectivity index (χ4n) is 3.62. The fraction of sp³-hybridized carbons (Fsp3) is 0.800. The van der Waals surface area contributed by atoms with Crippen LogP contribution in [0.15, 0.2) is 12.2 Å². The minimum absolute atomic E-state index is 0.0431. The van der Waals surface area contributed by atoms with Crippen molar-refractivity contribution < 1.29 is 15.0 Å². The van der Waals surface area contributed by atoms with Gasteiger partial charge in [0, 0.05) is 18.9 Å².